The number of alkyl halides is 13. The normalized spacial score (nSPS) is 15.1. The number of halogens is 13. The summed E-state index contributed by atoms with van der Waals surface area (Å²) in [5, 5.41) is 10.1. The molecular formula is C11H6F13O2-. The summed E-state index contributed by atoms with van der Waals surface area (Å²) in [6, 6.07) is 0. The molecular weight excluding hydrogens is 411 g/mol. The Morgan fingerprint density at radius 1 is 0.692 bits per heavy atom. The van der Waals surface area contributed by atoms with Crippen molar-refractivity contribution >= 4 is 5.97 Å². The summed E-state index contributed by atoms with van der Waals surface area (Å²) < 4.78 is 165. The highest BCUT2D eigenvalue weighted by molar-refractivity contribution is 5.83. The van der Waals surface area contributed by atoms with Crippen molar-refractivity contribution in [2.75, 3.05) is 0 Å². The second kappa shape index (κ2) is 6.48. The van der Waals surface area contributed by atoms with E-state index in [1.165, 1.54) is 0 Å². The molecule has 0 aliphatic rings. The van der Waals surface area contributed by atoms with Gasteiger partial charge in [0, 0.05) is 6.42 Å². The highest BCUT2D eigenvalue weighted by atomic mass is 19.4. The van der Waals surface area contributed by atoms with Gasteiger partial charge in [0.2, 0.25) is 0 Å². The summed E-state index contributed by atoms with van der Waals surface area (Å²) in [4.78, 5) is 10.1. The Balaban J connectivity index is 6.00. The first kappa shape index (κ1) is 24.3. The fourth-order valence-electron chi connectivity index (χ4n) is 1.37. The van der Waals surface area contributed by atoms with Crippen molar-refractivity contribution in [2.45, 2.75) is 48.6 Å². The summed E-state index contributed by atoms with van der Waals surface area (Å²) in [5.41, 5.74) is -1.38. The Morgan fingerprint density at radius 2 is 1.04 bits per heavy atom. The summed E-state index contributed by atoms with van der Waals surface area (Å²) in [6.45, 7) is 2.48. The van der Waals surface area contributed by atoms with Gasteiger partial charge in [0.1, 0.15) is 0 Å². The van der Waals surface area contributed by atoms with E-state index in [0.717, 1.165) is 0 Å². The van der Waals surface area contributed by atoms with Gasteiger partial charge in [0.05, 0.1) is 5.97 Å². The zero-order valence-corrected chi connectivity index (χ0v) is 11.9. The van der Waals surface area contributed by atoms with Gasteiger partial charge in [-0.15, -0.1) is 0 Å². The molecule has 0 aromatic rings. The molecule has 2 nitrogen and oxygen atoms in total. The second-order valence-corrected chi connectivity index (χ2v) is 4.89. The van der Waals surface area contributed by atoms with Crippen molar-refractivity contribution < 1.29 is 67.0 Å². The first-order valence-corrected chi connectivity index (χ1v) is 5.93. The minimum absolute atomic E-state index is 1.38. The van der Waals surface area contributed by atoms with Gasteiger partial charge in [-0.3, -0.25) is 0 Å². The molecule has 0 spiro atoms. The molecule has 0 aromatic carbocycles. The lowest BCUT2D eigenvalue weighted by molar-refractivity contribution is -0.440. The number of carboxylic acid groups (broad SMARTS) is 1. The predicted octanol–water partition coefficient (Wildman–Crippen LogP) is 3.81. The molecule has 0 atom stereocenters. The maximum Gasteiger partial charge on any atom is 0.460 e. The van der Waals surface area contributed by atoms with Crippen LogP contribution in [0.2, 0.25) is 0 Å². The van der Waals surface area contributed by atoms with Gasteiger partial charge in [-0.25, -0.2) is 0 Å². The van der Waals surface area contributed by atoms with Crippen LogP contribution in [-0.2, 0) is 4.79 Å². The highest BCUT2D eigenvalue weighted by Gasteiger charge is 2.90. The van der Waals surface area contributed by atoms with Crippen LogP contribution in [-0.4, -0.2) is 41.8 Å². The van der Waals surface area contributed by atoms with Crippen LogP contribution in [0, 0.1) is 0 Å². The number of carbonyl (C=O) groups is 1. The number of aliphatic carboxylic acids is 1. The Morgan fingerprint density at radius 3 is 1.35 bits per heavy atom. The molecule has 0 aromatic heterocycles. The Hall–Kier alpha value is -1.70. The van der Waals surface area contributed by atoms with Gasteiger partial charge >= 0.3 is 35.8 Å². The number of hydrogen-bond acceptors (Lipinski definition) is 2. The van der Waals surface area contributed by atoms with Crippen LogP contribution in [0.5, 0.6) is 0 Å². The molecule has 26 heavy (non-hydrogen) atoms. The standard InChI is InChI=1S/C11H7F13O2/c1-4(5(25)26)2-3-6(12,13)7(14,15)8(16,17)9(18,19)10(20,21)11(22,23)24/h1-3H2,(H,25,26)/p-1. The Bertz CT molecular complexity index is 561. The van der Waals surface area contributed by atoms with E-state index >= 15 is 0 Å². The van der Waals surface area contributed by atoms with Crippen LogP contribution in [0.1, 0.15) is 12.8 Å². The van der Waals surface area contributed by atoms with Crippen LogP contribution in [0.4, 0.5) is 57.1 Å². The molecule has 0 radical (unpaired) electrons. The maximum atomic E-state index is 13.2. The van der Waals surface area contributed by atoms with E-state index in [0.29, 0.717) is 0 Å². The summed E-state index contributed by atoms with van der Waals surface area (Å²) >= 11 is 0. The fraction of sp³-hybridized carbons (Fsp3) is 0.727. The maximum absolute atomic E-state index is 13.2. The summed E-state index contributed by atoms with van der Waals surface area (Å²) in [5.74, 6) is -39.7. The topological polar surface area (TPSA) is 40.1 Å². The fourth-order valence-corrected chi connectivity index (χ4v) is 1.37. The van der Waals surface area contributed by atoms with Crippen LogP contribution in [0.3, 0.4) is 0 Å². The van der Waals surface area contributed by atoms with Gasteiger partial charge in [-0.2, -0.15) is 57.1 Å². The molecule has 0 saturated heterocycles. The number of carboxylic acids is 1. The molecule has 0 N–H and O–H groups in total. The molecule has 0 aliphatic heterocycles. The number of carbonyl (C=O) groups excluding carboxylic acids is 1. The quantitative estimate of drug-likeness (QED) is 0.445. The van der Waals surface area contributed by atoms with Gasteiger partial charge in [0.15, 0.2) is 0 Å². The van der Waals surface area contributed by atoms with E-state index in [2.05, 4.69) is 6.58 Å². The minimum atomic E-state index is -7.98. The van der Waals surface area contributed by atoms with E-state index in [1.54, 1.807) is 0 Å². The third-order valence-electron chi connectivity index (χ3n) is 3.03. The second-order valence-electron chi connectivity index (χ2n) is 4.89. The minimum Gasteiger partial charge on any atom is -0.545 e. The molecule has 15 heteroatoms. The van der Waals surface area contributed by atoms with Crippen LogP contribution in [0.25, 0.3) is 0 Å². The van der Waals surface area contributed by atoms with Crippen molar-refractivity contribution in [2.24, 2.45) is 0 Å². The van der Waals surface area contributed by atoms with Crippen LogP contribution < -0.4 is 5.11 Å². The van der Waals surface area contributed by atoms with Gasteiger partial charge in [-0.1, -0.05) is 6.58 Å². The van der Waals surface area contributed by atoms with Gasteiger partial charge in [-0.05, 0) is 12.0 Å². The lowest BCUT2D eigenvalue weighted by Gasteiger charge is -2.39. The Labute approximate surface area is 135 Å². The molecule has 0 amide bonds. The molecule has 0 rings (SSSR count). The summed E-state index contributed by atoms with van der Waals surface area (Å²) in [6.07, 6.45) is -11.9. The average Bonchev–Trinajstić information content (AvgIpc) is 2.42. The molecule has 0 bridgehead atoms. The van der Waals surface area contributed by atoms with Gasteiger partial charge < -0.3 is 9.90 Å². The van der Waals surface area contributed by atoms with E-state index in [9.17, 15) is 67.0 Å². The molecule has 0 heterocycles. The zero-order valence-electron chi connectivity index (χ0n) is 11.9. The lowest BCUT2D eigenvalue weighted by atomic mass is 9.91. The van der Waals surface area contributed by atoms with Crippen molar-refractivity contribution in [1.82, 2.24) is 0 Å². The average molecular weight is 417 g/mol. The van der Waals surface area contributed by atoms with Crippen molar-refractivity contribution in [3.63, 3.8) is 0 Å². The van der Waals surface area contributed by atoms with E-state index < -0.39 is 60.2 Å². The molecule has 154 valence electrons. The SMILES string of the molecule is C=C(CCC(F)(F)C(F)(F)C(F)(F)C(F)(F)C(F)(F)C(F)(F)F)C(=O)[O-]. The largest absolute Gasteiger partial charge is 0.545 e. The first-order valence-electron chi connectivity index (χ1n) is 5.93. The third kappa shape index (κ3) is 3.56. The van der Waals surface area contributed by atoms with Crippen molar-refractivity contribution in [3.05, 3.63) is 12.2 Å². The van der Waals surface area contributed by atoms with E-state index in [4.69, 9.17) is 0 Å². The van der Waals surface area contributed by atoms with E-state index in [-0.39, 0.29) is 0 Å². The highest BCUT2D eigenvalue weighted by Crippen LogP contribution is 2.60. The zero-order chi connectivity index (χ0) is 21.6. The van der Waals surface area contributed by atoms with Crippen molar-refractivity contribution in [1.29, 1.82) is 0 Å². The third-order valence-corrected chi connectivity index (χ3v) is 3.03. The van der Waals surface area contributed by atoms with E-state index in [1.807, 2.05) is 0 Å². The number of hydrogen-bond donors (Lipinski definition) is 0. The Kier molecular flexibility index (Phi) is 6.05. The van der Waals surface area contributed by atoms with Crippen LogP contribution >= 0.6 is 0 Å². The molecule has 0 unspecified atom stereocenters. The summed E-state index contributed by atoms with van der Waals surface area (Å²) in [7, 11) is 0. The van der Waals surface area contributed by atoms with Crippen molar-refractivity contribution in [3.8, 4) is 0 Å². The number of rotatable bonds is 8. The smallest absolute Gasteiger partial charge is 0.460 e. The molecule has 0 aliphatic carbocycles. The monoisotopic (exact) mass is 417 g/mol. The predicted molar refractivity (Wildman–Crippen MR) is 54.2 cm³/mol. The molecule has 0 fully saturated rings. The lowest BCUT2D eigenvalue weighted by Crippen LogP contribution is -2.70. The molecule has 0 saturated carbocycles. The van der Waals surface area contributed by atoms with Crippen LogP contribution in [0.15, 0.2) is 12.2 Å². The first-order chi connectivity index (χ1) is 11.1. The van der Waals surface area contributed by atoms with Gasteiger partial charge in [0.25, 0.3) is 0 Å².